The summed E-state index contributed by atoms with van der Waals surface area (Å²) in [5.41, 5.74) is 0. The van der Waals surface area contributed by atoms with E-state index in [1.807, 2.05) is 16.9 Å². The molecule has 2 aromatic heterocycles. The van der Waals surface area contributed by atoms with Crippen molar-refractivity contribution in [1.82, 2.24) is 35.2 Å². The molecule has 8 nitrogen and oxygen atoms in total. The Morgan fingerprint density at radius 1 is 1.26 bits per heavy atom. The number of aryl methyl sites for hydroxylation is 2. The molecule has 0 aliphatic heterocycles. The number of aliphatic imine (C=N–C) groups is 1. The summed E-state index contributed by atoms with van der Waals surface area (Å²) in [5.74, 6) is 1.85. The van der Waals surface area contributed by atoms with Crippen molar-refractivity contribution in [3.63, 3.8) is 0 Å². The van der Waals surface area contributed by atoms with Crippen LogP contribution in [0.2, 0.25) is 0 Å². The molecule has 2 rings (SSSR count). The number of nitrogens with zero attached hydrogens (tertiary/aromatic N) is 6. The van der Waals surface area contributed by atoms with E-state index in [-0.39, 0.29) is 0 Å². The van der Waals surface area contributed by atoms with Crippen LogP contribution in [-0.2, 0) is 19.5 Å². The van der Waals surface area contributed by atoms with Gasteiger partial charge in [0.25, 0.3) is 0 Å². The van der Waals surface area contributed by atoms with Gasteiger partial charge in [-0.1, -0.05) is 6.92 Å². The minimum Gasteiger partial charge on any atom is -0.357 e. The summed E-state index contributed by atoms with van der Waals surface area (Å²) in [6, 6.07) is 1.93. The normalized spacial score (nSPS) is 11.7. The molecular weight excluding hydrogens is 292 g/mol. The fraction of sp³-hybridized carbons (Fsp3) is 0.600. The largest absolute Gasteiger partial charge is 0.357 e. The summed E-state index contributed by atoms with van der Waals surface area (Å²) < 4.78 is 3.99. The predicted molar refractivity (Wildman–Crippen MR) is 90.2 cm³/mol. The summed E-state index contributed by atoms with van der Waals surface area (Å²) in [6.07, 6.45) is 7.39. The molecule has 0 aliphatic rings. The van der Waals surface area contributed by atoms with Crippen molar-refractivity contribution in [2.24, 2.45) is 4.99 Å². The second kappa shape index (κ2) is 9.60. The van der Waals surface area contributed by atoms with Crippen LogP contribution in [0.4, 0.5) is 0 Å². The van der Waals surface area contributed by atoms with Gasteiger partial charge in [0.15, 0.2) is 5.96 Å². The Morgan fingerprint density at radius 2 is 2.17 bits per heavy atom. The fourth-order valence-electron chi connectivity index (χ4n) is 2.23. The van der Waals surface area contributed by atoms with Crippen molar-refractivity contribution in [3.05, 3.63) is 30.6 Å². The highest BCUT2D eigenvalue weighted by atomic mass is 15.3. The molecule has 0 fully saturated rings. The zero-order chi connectivity index (χ0) is 16.3. The van der Waals surface area contributed by atoms with Gasteiger partial charge < -0.3 is 15.2 Å². The van der Waals surface area contributed by atoms with E-state index in [1.165, 1.54) is 0 Å². The third-order valence-electron chi connectivity index (χ3n) is 3.38. The number of nitrogens with one attached hydrogen (secondary N) is 2. The van der Waals surface area contributed by atoms with E-state index in [0.29, 0.717) is 0 Å². The van der Waals surface area contributed by atoms with Gasteiger partial charge in [0, 0.05) is 51.5 Å². The summed E-state index contributed by atoms with van der Waals surface area (Å²) >= 11 is 0. The molecule has 0 spiro atoms. The van der Waals surface area contributed by atoms with Crippen molar-refractivity contribution in [3.8, 4) is 0 Å². The number of hydrogen-bond acceptors (Lipinski definition) is 4. The topological polar surface area (TPSA) is 85.0 Å². The predicted octanol–water partition coefficient (Wildman–Crippen LogP) is 0.682. The van der Waals surface area contributed by atoms with Crippen LogP contribution in [0, 0.1) is 0 Å². The first-order valence-electron chi connectivity index (χ1n) is 8.19. The van der Waals surface area contributed by atoms with Gasteiger partial charge in [-0.3, -0.25) is 9.67 Å². The van der Waals surface area contributed by atoms with Crippen molar-refractivity contribution in [2.45, 2.75) is 39.8 Å². The van der Waals surface area contributed by atoms with Crippen LogP contribution < -0.4 is 10.6 Å². The SMILES string of the molecule is CCNC(=NCCCn1cccn1)NCCn1cnnc1CC. The Kier molecular flexibility index (Phi) is 7.09. The van der Waals surface area contributed by atoms with E-state index in [2.05, 4.69) is 49.3 Å². The van der Waals surface area contributed by atoms with Crippen LogP contribution in [0.3, 0.4) is 0 Å². The highest BCUT2D eigenvalue weighted by Gasteiger charge is 2.02. The molecule has 0 unspecified atom stereocenters. The minimum absolute atomic E-state index is 0.766. The molecular formula is C15H26N8. The Bertz CT molecular complexity index is 572. The first-order valence-corrected chi connectivity index (χ1v) is 8.19. The quantitative estimate of drug-likeness (QED) is 0.403. The molecule has 0 amide bonds. The van der Waals surface area contributed by atoms with Crippen LogP contribution in [0.25, 0.3) is 0 Å². The maximum absolute atomic E-state index is 4.59. The van der Waals surface area contributed by atoms with Crippen LogP contribution in [0.5, 0.6) is 0 Å². The van der Waals surface area contributed by atoms with Gasteiger partial charge in [-0.25, -0.2) is 0 Å². The zero-order valence-corrected chi connectivity index (χ0v) is 13.9. The third-order valence-corrected chi connectivity index (χ3v) is 3.38. The fourth-order valence-corrected chi connectivity index (χ4v) is 2.23. The molecule has 0 aliphatic carbocycles. The summed E-state index contributed by atoms with van der Waals surface area (Å²) in [5, 5.41) is 18.8. The van der Waals surface area contributed by atoms with Gasteiger partial charge in [0.2, 0.25) is 0 Å². The molecule has 0 saturated carbocycles. The van der Waals surface area contributed by atoms with Crippen molar-refractivity contribution < 1.29 is 0 Å². The lowest BCUT2D eigenvalue weighted by atomic mass is 10.4. The Labute approximate surface area is 137 Å². The van der Waals surface area contributed by atoms with E-state index < -0.39 is 0 Å². The van der Waals surface area contributed by atoms with Gasteiger partial charge in [0.05, 0.1) is 0 Å². The zero-order valence-electron chi connectivity index (χ0n) is 13.9. The average Bonchev–Trinajstić information content (AvgIpc) is 3.22. The molecule has 2 heterocycles. The van der Waals surface area contributed by atoms with E-state index in [1.54, 1.807) is 12.5 Å². The van der Waals surface area contributed by atoms with Gasteiger partial charge in [-0.2, -0.15) is 5.10 Å². The first-order chi connectivity index (χ1) is 11.3. The summed E-state index contributed by atoms with van der Waals surface area (Å²) in [4.78, 5) is 4.59. The monoisotopic (exact) mass is 318 g/mol. The third kappa shape index (κ3) is 5.72. The molecule has 8 heteroatoms. The number of hydrogen-bond donors (Lipinski definition) is 2. The molecule has 0 atom stereocenters. The lowest BCUT2D eigenvalue weighted by Gasteiger charge is -2.12. The van der Waals surface area contributed by atoms with E-state index in [9.17, 15) is 0 Å². The lowest BCUT2D eigenvalue weighted by Crippen LogP contribution is -2.39. The molecule has 0 saturated heterocycles. The molecule has 0 aromatic carbocycles. The number of aromatic nitrogens is 5. The van der Waals surface area contributed by atoms with Crippen LogP contribution in [0.15, 0.2) is 29.8 Å². The van der Waals surface area contributed by atoms with Crippen LogP contribution in [0.1, 0.15) is 26.1 Å². The molecule has 126 valence electrons. The summed E-state index contributed by atoms with van der Waals surface area (Å²) in [7, 11) is 0. The van der Waals surface area contributed by atoms with Crippen LogP contribution >= 0.6 is 0 Å². The molecule has 23 heavy (non-hydrogen) atoms. The van der Waals surface area contributed by atoms with Gasteiger partial charge in [0.1, 0.15) is 12.2 Å². The second-order valence-corrected chi connectivity index (χ2v) is 5.10. The standard InChI is InChI=1S/C15H26N8/c1-3-14-21-19-13-22(14)12-9-18-15(16-4-2)17-7-5-10-23-11-6-8-20-23/h6,8,11,13H,3-5,7,9-10,12H2,1-2H3,(H2,16,17,18). The second-order valence-electron chi connectivity index (χ2n) is 5.10. The molecule has 0 bridgehead atoms. The summed E-state index contributed by atoms with van der Waals surface area (Å²) in [6.45, 7) is 8.26. The molecule has 2 aromatic rings. The van der Waals surface area contributed by atoms with Crippen molar-refractivity contribution in [2.75, 3.05) is 19.6 Å². The Morgan fingerprint density at radius 3 is 2.91 bits per heavy atom. The number of rotatable bonds is 9. The maximum atomic E-state index is 4.59. The van der Waals surface area contributed by atoms with Gasteiger partial charge in [-0.15, -0.1) is 10.2 Å². The Balaban J connectivity index is 1.72. The highest BCUT2D eigenvalue weighted by Crippen LogP contribution is 1.95. The lowest BCUT2D eigenvalue weighted by molar-refractivity contribution is 0.582. The maximum Gasteiger partial charge on any atom is 0.191 e. The van der Waals surface area contributed by atoms with E-state index >= 15 is 0 Å². The van der Waals surface area contributed by atoms with Gasteiger partial charge >= 0.3 is 0 Å². The minimum atomic E-state index is 0.766. The van der Waals surface area contributed by atoms with Crippen molar-refractivity contribution >= 4 is 5.96 Å². The molecule has 0 radical (unpaired) electrons. The van der Waals surface area contributed by atoms with E-state index in [4.69, 9.17) is 0 Å². The van der Waals surface area contributed by atoms with Crippen molar-refractivity contribution in [1.29, 1.82) is 0 Å². The van der Waals surface area contributed by atoms with Crippen LogP contribution in [-0.4, -0.2) is 50.1 Å². The van der Waals surface area contributed by atoms with E-state index in [0.717, 1.165) is 57.3 Å². The Hall–Kier alpha value is -2.38. The number of guanidine groups is 1. The first kappa shape index (κ1) is 17.0. The highest BCUT2D eigenvalue weighted by molar-refractivity contribution is 5.79. The molecule has 2 N–H and O–H groups in total. The smallest absolute Gasteiger partial charge is 0.191 e. The average molecular weight is 318 g/mol. The van der Waals surface area contributed by atoms with Gasteiger partial charge in [-0.05, 0) is 19.4 Å².